The van der Waals surface area contributed by atoms with E-state index < -0.39 is 24.3 Å². The fourth-order valence-electron chi connectivity index (χ4n) is 5.89. The fourth-order valence-corrected chi connectivity index (χ4v) is 5.89. The predicted octanol–water partition coefficient (Wildman–Crippen LogP) is 4.49. The van der Waals surface area contributed by atoms with Gasteiger partial charge in [0.2, 0.25) is 0 Å². The number of halogens is 1. The van der Waals surface area contributed by atoms with Gasteiger partial charge in [-0.2, -0.15) is 0 Å². The minimum atomic E-state index is -0.866. The van der Waals surface area contributed by atoms with Gasteiger partial charge in [-0.05, 0) is 75.1 Å². The number of likely N-dealkylation sites (N-methyl/N-ethyl adjacent to an activating group) is 1. The average Bonchev–Trinajstić information content (AvgIpc) is 2.96. The Labute approximate surface area is 255 Å². The highest BCUT2D eigenvalue weighted by Gasteiger charge is 2.29. The summed E-state index contributed by atoms with van der Waals surface area (Å²) in [6.07, 6.45) is 4.19. The number of aliphatic hydroxyl groups excluding tert-OH is 1. The molecule has 1 amide bonds. The van der Waals surface area contributed by atoms with Gasteiger partial charge in [-0.25, -0.2) is 9.18 Å². The molecule has 4 rings (SSSR count). The quantitative estimate of drug-likeness (QED) is 0.399. The molecule has 2 fully saturated rings. The van der Waals surface area contributed by atoms with E-state index in [4.69, 9.17) is 14.2 Å². The van der Waals surface area contributed by atoms with Crippen LogP contribution in [0, 0.1) is 17.7 Å². The van der Waals surface area contributed by atoms with Gasteiger partial charge in [-0.1, -0.05) is 26.0 Å². The Hall–Kier alpha value is -2.95. The van der Waals surface area contributed by atoms with Crippen LogP contribution >= 0.6 is 0 Å². The molecule has 0 aliphatic carbocycles. The zero-order valence-corrected chi connectivity index (χ0v) is 26.2. The molecule has 0 saturated carbocycles. The molecule has 3 heterocycles. The monoisotopic (exact) mass is 601 g/mol. The van der Waals surface area contributed by atoms with E-state index in [1.165, 1.54) is 12.1 Å². The van der Waals surface area contributed by atoms with Crippen molar-refractivity contribution in [1.29, 1.82) is 0 Å². The molecule has 0 aromatic heterocycles. The van der Waals surface area contributed by atoms with E-state index in [9.17, 15) is 19.1 Å². The van der Waals surface area contributed by atoms with Crippen LogP contribution in [0.15, 0.2) is 35.9 Å². The molecule has 6 atom stereocenters. The van der Waals surface area contributed by atoms with Crippen molar-refractivity contribution < 1.29 is 33.3 Å². The molecule has 43 heavy (non-hydrogen) atoms. The van der Waals surface area contributed by atoms with Crippen LogP contribution in [0.25, 0.3) is 6.08 Å². The molecule has 0 bridgehead atoms. The lowest BCUT2D eigenvalue weighted by Crippen LogP contribution is -2.48. The number of cyclic esters (lactones) is 1. The van der Waals surface area contributed by atoms with Crippen molar-refractivity contribution in [2.24, 2.45) is 11.8 Å². The number of amides is 1. The largest absolute Gasteiger partial charge is 0.457 e. The maximum absolute atomic E-state index is 14.7. The van der Waals surface area contributed by atoms with Gasteiger partial charge in [-0.15, -0.1) is 0 Å². The summed E-state index contributed by atoms with van der Waals surface area (Å²) in [4.78, 5) is 31.9. The molecule has 1 unspecified atom stereocenters. The highest BCUT2D eigenvalue weighted by molar-refractivity contribution is 5.71. The van der Waals surface area contributed by atoms with Gasteiger partial charge in [-0.3, -0.25) is 4.79 Å². The van der Waals surface area contributed by atoms with Crippen molar-refractivity contribution in [1.82, 2.24) is 9.80 Å². The standard InChI is InChI=1S/C33H48FN3O6/c1-22-6-8-29(38)20-31(39)43-32(23(2)7-9-30(22)42-33(40)36-12-10-35(5)11-13-36)24(3)16-26-17-27(34)19-28(18-26)37-14-15-41-25(4)21-37/h7,9,16-19,22-23,25,29-30,32,38H,6,8,10-15,20-21H2,1-5H3/b9-7+,24-16+/t22-,23+,25?,29+,30-,32+/m1/s1. The van der Waals surface area contributed by atoms with Crippen molar-refractivity contribution >= 4 is 23.8 Å². The number of ether oxygens (including phenoxy) is 3. The number of aliphatic hydroxyl groups is 1. The van der Waals surface area contributed by atoms with Crippen LogP contribution in [0.4, 0.5) is 14.9 Å². The second-order valence-corrected chi connectivity index (χ2v) is 12.5. The lowest BCUT2D eigenvalue weighted by atomic mass is 9.91. The molecular weight excluding hydrogens is 553 g/mol. The number of hydrogen-bond donors (Lipinski definition) is 1. The summed E-state index contributed by atoms with van der Waals surface area (Å²) in [6.45, 7) is 12.5. The highest BCUT2D eigenvalue weighted by atomic mass is 19.1. The molecule has 1 aromatic carbocycles. The van der Waals surface area contributed by atoms with Gasteiger partial charge in [0.15, 0.2) is 0 Å². The molecule has 238 valence electrons. The summed E-state index contributed by atoms with van der Waals surface area (Å²) in [5.41, 5.74) is 2.18. The SMILES string of the molecule is C/C(=C\c1cc(F)cc(N2CCOC(C)C2)c1)[C@H]1OC(=O)C[C@@H](O)CC[C@@H](C)[C@H](OC(=O)N2CCN(C)CC2)/C=C/[C@@H]1C. The first-order chi connectivity index (χ1) is 20.5. The second-order valence-electron chi connectivity index (χ2n) is 12.5. The van der Waals surface area contributed by atoms with Crippen LogP contribution in [0.1, 0.15) is 52.5 Å². The summed E-state index contributed by atoms with van der Waals surface area (Å²) >= 11 is 0. The molecular formula is C33H48FN3O6. The topological polar surface area (TPSA) is 91.8 Å². The number of morpholine rings is 1. The van der Waals surface area contributed by atoms with Gasteiger partial charge in [0.1, 0.15) is 18.0 Å². The van der Waals surface area contributed by atoms with Gasteiger partial charge >= 0.3 is 12.1 Å². The fraction of sp³-hybridized carbons (Fsp3) is 0.636. The van der Waals surface area contributed by atoms with Gasteiger partial charge in [0.25, 0.3) is 0 Å². The van der Waals surface area contributed by atoms with Crippen molar-refractivity contribution in [2.75, 3.05) is 57.8 Å². The normalized spacial score (nSPS) is 31.0. The molecule has 2 saturated heterocycles. The van der Waals surface area contributed by atoms with Crippen LogP contribution in [0.3, 0.4) is 0 Å². The average molecular weight is 602 g/mol. The van der Waals surface area contributed by atoms with Crippen molar-refractivity contribution in [2.45, 2.75) is 71.4 Å². The Bertz CT molecular complexity index is 1170. The third-order valence-electron chi connectivity index (χ3n) is 8.61. The molecule has 10 heteroatoms. The summed E-state index contributed by atoms with van der Waals surface area (Å²) in [5.74, 6) is -1.17. The minimum Gasteiger partial charge on any atom is -0.457 e. The molecule has 9 nitrogen and oxygen atoms in total. The zero-order valence-electron chi connectivity index (χ0n) is 26.2. The van der Waals surface area contributed by atoms with E-state index in [-0.39, 0.29) is 36.3 Å². The summed E-state index contributed by atoms with van der Waals surface area (Å²) in [7, 11) is 2.03. The first kappa shape index (κ1) is 33.0. The number of carbonyl (C=O) groups is 2. The van der Waals surface area contributed by atoms with Gasteiger partial charge in [0.05, 0.1) is 25.2 Å². The first-order valence-electron chi connectivity index (χ1n) is 15.5. The number of rotatable bonds is 4. The van der Waals surface area contributed by atoms with E-state index >= 15 is 0 Å². The molecule has 1 aromatic rings. The van der Waals surface area contributed by atoms with Crippen LogP contribution in [0.2, 0.25) is 0 Å². The second kappa shape index (κ2) is 15.2. The molecule has 1 N–H and O–H groups in total. The number of carbonyl (C=O) groups excluding carboxylic acids is 2. The maximum atomic E-state index is 14.7. The molecule has 0 radical (unpaired) electrons. The number of nitrogens with zero attached hydrogens (tertiary/aromatic N) is 3. The third-order valence-corrected chi connectivity index (χ3v) is 8.61. The zero-order chi connectivity index (χ0) is 31.1. The molecule has 3 aliphatic rings. The predicted molar refractivity (Wildman–Crippen MR) is 164 cm³/mol. The van der Waals surface area contributed by atoms with Crippen LogP contribution < -0.4 is 4.90 Å². The van der Waals surface area contributed by atoms with E-state index in [0.717, 1.165) is 24.4 Å². The number of hydrogen-bond acceptors (Lipinski definition) is 8. The van der Waals surface area contributed by atoms with E-state index in [1.54, 1.807) is 4.90 Å². The van der Waals surface area contributed by atoms with Crippen molar-refractivity contribution in [3.05, 3.63) is 47.3 Å². The Morgan fingerprint density at radius 1 is 1.07 bits per heavy atom. The lowest BCUT2D eigenvalue weighted by Gasteiger charge is -2.33. The van der Waals surface area contributed by atoms with Gasteiger partial charge in [0, 0.05) is 50.9 Å². The minimum absolute atomic E-state index is 0.0590. The Morgan fingerprint density at radius 2 is 1.81 bits per heavy atom. The number of esters is 1. The van der Waals surface area contributed by atoms with Crippen LogP contribution in [0.5, 0.6) is 0 Å². The van der Waals surface area contributed by atoms with Crippen LogP contribution in [-0.4, -0.2) is 104 Å². The summed E-state index contributed by atoms with van der Waals surface area (Å²) < 4.78 is 32.3. The summed E-state index contributed by atoms with van der Waals surface area (Å²) in [6, 6.07) is 4.92. The Balaban J connectivity index is 1.56. The molecule has 3 aliphatic heterocycles. The number of piperazine rings is 1. The summed E-state index contributed by atoms with van der Waals surface area (Å²) in [5, 5.41) is 10.6. The van der Waals surface area contributed by atoms with Crippen molar-refractivity contribution in [3.8, 4) is 0 Å². The molecule has 0 spiro atoms. The Morgan fingerprint density at radius 3 is 2.53 bits per heavy atom. The maximum Gasteiger partial charge on any atom is 0.410 e. The van der Waals surface area contributed by atoms with Gasteiger partial charge < -0.3 is 34.0 Å². The third kappa shape index (κ3) is 9.52. The van der Waals surface area contributed by atoms with E-state index in [0.29, 0.717) is 51.2 Å². The first-order valence-corrected chi connectivity index (χ1v) is 15.5. The Kier molecular flexibility index (Phi) is 11.6. The smallest absolute Gasteiger partial charge is 0.410 e. The van der Waals surface area contributed by atoms with Crippen LogP contribution in [-0.2, 0) is 19.0 Å². The number of anilines is 1. The van der Waals surface area contributed by atoms with Crippen molar-refractivity contribution in [3.63, 3.8) is 0 Å². The van der Waals surface area contributed by atoms with E-state index in [1.807, 2.05) is 59.0 Å². The number of benzene rings is 1. The lowest BCUT2D eigenvalue weighted by molar-refractivity contribution is -0.151. The van der Waals surface area contributed by atoms with E-state index in [2.05, 4.69) is 9.80 Å². The highest BCUT2D eigenvalue weighted by Crippen LogP contribution is 2.28.